The molecule has 1 atom stereocenters. The topological polar surface area (TPSA) is 64.6 Å². The summed E-state index contributed by atoms with van der Waals surface area (Å²) in [6.07, 6.45) is -5.85. The molecular weight excluding hydrogens is 359 g/mol. The van der Waals surface area contributed by atoms with Gasteiger partial charge in [0.2, 0.25) is 0 Å². The van der Waals surface area contributed by atoms with Gasteiger partial charge in [-0.3, -0.25) is 4.79 Å². The van der Waals surface area contributed by atoms with E-state index in [-0.39, 0.29) is 5.56 Å². The first-order valence-corrected chi connectivity index (χ1v) is 7.99. The minimum atomic E-state index is -4.81. The number of carbonyl (C=O) groups excluding carboxylic acids is 2. The van der Waals surface area contributed by atoms with E-state index in [0.717, 1.165) is 29.1 Å². The number of rotatable bonds is 6. The smallest absolute Gasteiger partial charge is 0.449 e. The third-order valence-electron chi connectivity index (χ3n) is 2.99. The number of benzene rings is 1. The Morgan fingerprint density at radius 1 is 1.20 bits per heavy atom. The Bertz CT molecular complexity index is 714. The number of halogens is 3. The van der Waals surface area contributed by atoms with Gasteiger partial charge >= 0.3 is 12.3 Å². The van der Waals surface area contributed by atoms with Gasteiger partial charge in [-0.15, -0.1) is 24.5 Å². The van der Waals surface area contributed by atoms with Crippen LogP contribution in [0.4, 0.5) is 13.2 Å². The molecule has 0 bridgehead atoms. The molecule has 2 rings (SSSR count). The maximum Gasteiger partial charge on any atom is 0.573 e. The van der Waals surface area contributed by atoms with Crippen LogP contribution >= 0.6 is 11.3 Å². The first-order valence-electron chi connectivity index (χ1n) is 7.11. The zero-order chi connectivity index (χ0) is 18.4. The Labute approximate surface area is 145 Å². The zero-order valence-corrected chi connectivity index (χ0v) is 13.8. The summed E-state index contributed by atoms with van der Waals surface area (Å²) in [4.78, 5) is 24.8. The summed E-state index contributed by atoms with van der Waals surface area (Å²) >= 11 is 1.48. The van der Waals surface area contributed by atoms with Crippen molar-refractivity contribution in [3.63, 3.8) is 0 Å². The van der Waals surface area contributed by atoms with Crippen molar-refractivity contribution >= 4 is 23.2 Å². The van der Waals surface area contributed by atoms with Crippen molar-refractivity contribution in [2.45, 2.75) is 25.9 Å². The predicted molar refractivity (Wildman–Crippen MR) is 84.2 cm³/mol. The molecule has 0 saturated heterocycles. The normalized spacial score (nSPS) is 12.3. The highest BCUT2D eigenvalue weighted by Crippen LogP contribution is 2.23. The van der Waals surface area contributed by atoms with Gasteiger partial charge in [0.1, 0.15) is 5.75 Å². The molecule has 0 aliphatic heterocycles. The quantitative estimate of drug-likeness (QED) is 0.787. The van der Waals surface area contributed by atoms with Gasteiger partial charge in [-0.25, -0.2) is 4.79 Å². The molecule has 0 spiro atoms. The molecule has 1 aromatic heterocycles. The van der Waals surface area contributed by atoms with E-state index >= 15 is 0 Å². The van der Waals surface area contributed by atoms with Gasteiger partial charge < -0.3 is 14.8 Å². The van der Waals surface area contributed by atoms with Gasteiger partial charge in [0.25, 0.3) is 5.91 Å². The van der Waals surface area contributed by atoms with Crippen LogP contribution in [0.3, 0.4) is 0 Å². The van der Waals surface area contributed by atoms with Crippen molar-refractivity contribution < 1.29 is 32.2 Å². The number of hydrogen-bond acceptors (Lipinski definition) is 5. The van der Waals surface area contributed by atoms with Crippen LogP contribution in [-0.2, 0) is 16.1 Å². The monoisotopic (exact) mass is 373 g/mol. The average Bonchev–Trinajstić information content (AvgIpc) is 3.05. The lowest BCUT2D eigenvalue weighted by Gasteiger charge is -2.13. The fraction of sp³-hybridized carbons (Fsp3) is 0.250. The third kappa shape index (κ3) is 6.11. The molecule has 0 fully saturated rings. The number of ether oxygens (including phenoxy) is 2. The van der Waals surface area contributed by atoms with Crippen molar-refractivity contribution in [1.82, 2.24) is 5.32 Å². The van der Waals surface area contributed by atoms with Crippen LogP contribution in [0.1, 0.15) is 22.2 Å². The third-order valence-corrected chi connectivity index (χ3v) is 3.87. The molecule has 1 aromatic carbocycles. The van der Waals surface area contributed by atoms with Crippen LogP contribution in [-0.4, -0.2) is 24.3 Å². The van der Waals surface area contributed by atoms with E-state index in [0.29, 0.717) is 6.54 Å². The molecule has 134 valence electrons. The van der Waals surface area contributed by atoms with Gasteiger partial charge in [0.15, 0.2) is 6.10 Å². The van der Waals surface area contributed by atoms with E-state index < -0.39 is 30.1 Å². The van der Waals surface area contributed by atoms with Gasteiger partial charge in [-0.2, -0.15) is 0 Å². The minimum Gasteiger partial charge on any atom is -0.449 e. The fourth-order valence-electron chi connectivity index (χ4n) is 1.81. The summed E-state index contributed by atoms with van der Waals surface area (Å²) in [6.45, 7) is 1.73. The van der Waals surface area contributed by atoms with Gasteiger partial charge in [-0.05, 0) is 42.6 Å². The summed E-state index contributed by atoms with van der Waals surface area (Å²) in [7, 11) is 0. The van der Waals surface area contributed by atoms with E-state index in [1.54, 1.807) is 0 Å². The highest BCUT2D eigenvalue weighted by atomic mass is 32.1. The molecule has 5 nitrogen and oxygen atoms in total. The molecule has 1 amide bonds. The van der Waals surface area contributed by atoms with E-state index in [9.17, 15) is 22.8 Å². The second-order valence-electron chi connectivity index (χ2n) is 4.92. The molecular formula is C16H14F3NO4S. The standard InChI is InChI=1S/C16H14F3NO4S/c1-10(14(21)20-9-13-3-2-8-25-13)23-15(22)11-4-6-12(7-5-11)24-16(17,18)19/h2-8,10H,9H2,1H3,(H,20,21)/t10-/m1/s1. The Morgan fingerprint density at radius 3 is 2.44 bits per heavy atom. The predicted octanol–water partition coefficient (Wildman–Crippen LogP) is 3.51. The van der Waals surface area contributed by atoms with Gasteiger partial charge in [0, 0.05) is 4.88 Å². The molecule has 2 aromatic rings. The van der Waals surface area contributed by atoms with Crippen LogP contribution < -0.4 is 10.1 Å². The fourth-order valence-corrected chi connectivity index (χ4v) is 2.45. The van der Waals surface area contributed by atoms with Gasteiger partial charge in [0.05, 0.1) is 12.1 Å². The molecule has 25 heavy (non-hydrogen) atoms. The average molecular weight is 373 g/mol. The lowest BCUT2D eigenvalue weighted by molar-refractivity contribution is -0.274. The van der Waals surface area contributed by atoms with Crippen LogP contribution in [0.5, 0.6) is 5.75 Å². The Kier molecular flexibility index (Phi) is 6.02. The molecule has 0 aliphatic carbocycles. The summed E-state index contributed by atoms with van der Waals surface area (Å²) in [6, 6.07) is 7.94. The zero-order valence-electron chi connectivity index (χ0n) is 13.0. The van der Waals surface area contributed by atoms with Crippen molar-refractivity contribution in [3.05, 3.63) is 52.2 Å². The van der Waals surface area contributed by atoms with Crippen LogP contribution in [0.2, 0.25) is 0 Å². The van der Waals surface area contributed by atoms with Crippen molar-refractivity contribution in [3.8, 4) is 5.75 Å². The SMILES string of the molecule is C[C@@H](OC(=O)c1ccc(OC(F)(F)F)cc1)C(=O)NCc1cccs1. The molecule has 1 N–H and O–H groups in total. The number of esters is 1. The Hall–Kier alpha value is -2.55. The number of alkyl halides is 3. The highest BCUT2D eigenvalue weighted by molar-refractivity contribution is 7.09. The number of thiophene rings is 1. The maximum atomic E-state index is 12.1. The van der Waals surface area contributed by atoms with Crippen molar-refractivity contribution in [2.24, 2.45) is 0 Å². The molecule has 9 heteroatoms. The van der Waals surface area contributed by atoms with Crippen molar-refractivity contribution in [1.29, 1.82) is 0 Å². The Morgan fingerprint density at radius 2 is 1.88 bits per heavy atom. The number of amides is 1. The number of carbonyl (C=O) groups is 2. The van der Waals surface area contributed by atoms with Crippen LogP contribution in [0.25, 0.3) is 0 Å². The Balaban J connectivity index is 1.86. The second-order valence-corrected chi connectivity index (χ2v) is 5.95. The maximum absolute atomic E-state index is 12.1. The van der Waals surface area contributed by atoms with Crippen LogP contribution in [0.15, 0.2) is 41.8 Å². The first-order chi connectivity index (χ1) is 11.7. The largest absolute Gasteiger partial charge is 0.573 e. The molecule has 0 aliphatic rings. The summed E-state index contributed by atoms with van der Waals surface area (Å²) in [5.74, 6) is -1.75. The van der Waals surface area contributed by atoms with E-state index in [2.05, 4.69) is 10.1 Å². The van der Waals surface area contributed by atoms with E-state index in [4.69, 9.17) is 4.74 Å². The lowest BCUT2D eigenvalue weighted by atomic mass is 10.2. The second kappa shape index (κ2) is 8.02. The van der Waals surface area contributed by atoms with E-state index in [1.165, 1.54) is 18.3 Å². The summed E-state index contributed by atoms with van der Waals surface area (Å²) in [5.41, 5.74) is 0.00688. The summed E-state index contributed by atoms with van der Waals surface area (Å²) < 4.78 is 44.9. The van der Waals surface area contributed by atoms with Crippen LogP contribution in [0, 0.1) is 0 Å². The minimum absolute atomic E-state index is 0.00688. The molecule has 0 radical (unpaired) electrons. The summed E-state index contributed by atoms with van der Waals surface area (Å²) in [5, 5.41) is 4.50. The molecule has 1 heterocycles. The molecule has 0 unspecified atom stereocenters. The van der Waals surface area contributed by atoms with Gasteiger partial charge in [-0.1, -0.05) is 6.07 Å². The first kappa shape index (κ1) is 18.8. The lowest BCUT2D eigenvalue weighted by Crippen LogP contribution is -2.35. The van der Waals surface area contributed by atoms with Crippen molar-refractivity contribution in [2.75, 3.05) is 0 Å². The number of nitrogens with one attached hydrogen (secondary N) is 1. The molecule has 0 saturated carbocycles. The highest BCUT2D eigenvalue weighted by Gasteiger charge is 2.31. The van der Waals surface area contributed by atoms with E-state index in [1.807, 2.05) is 17.5 Å². The number of hydrogen-bond donors (Lipinski definition) is 1.